The van der Waals surface area contributed by atoms with E-state index in [1.165, 1.54) is 21.3 Å². The Balaban J connectivity index is 1.63. The number of hydrogen-bond acceptors (Lipinski definition) is 9. The highest BCUT2D eigenvalue weighted by Crippen LogP contribution is 2.46. The van der Waals surface area contributed by atoms with Gasteiger partial charge >= 0.3 is 0 Å². The number of azide groups is 1. The van der Waals surface area contributed by atoms with Crippen molar-refractivity contribution in [3.8, 4) is 23.0 Å². The smallest absolute Gasteiger partial charge is 0.252 e. The monoisotopic (exact) mass is 733 g/mol. The van der Waals surface area contributed by atoms with Gasteiger partial charge in [0, 0.05) is 52.1 Å². The van der Waals surface area contributed by atoms with E-state index in [0.717, 1.165) is 11.1 Å². The average molecular weight is 735 g/mol. The molecule has 1 heterocycles. The highest BCUT2D eigenvalue weighted by Gasteiger charge is 2.54. The van der Waals surface area contributed by atoms with Crippen LogP contribution in [0.25, 0.3) is 10.4 Å². The molecule has 0 unspecified atom stereocenters. The number of rotatable bonds is 16. The van der Waals surface area contributed by atoms with Crippen molar-refractivity contribution in [3.63, 3.8) is 0 Å². The Kier molecular flexibility index (Phi) is 12.5. The molecule has 2 N–H and O–H groups in total. The molecule has 51 heavy (non-hydrogen) atoms. The summed E-state index contributed by atoms with van der Waals surface area (Å²) >= 11 is 13.1. The zero-order valence-electron chi connectivity index (χ0n) is 28.3. The predicted molar refractivity (Wildman–Crippen MR) is 194 cm³/mol. The average Bonchev–Trinajstić information content (AvgIpc) is 3.53. The zero-order valence-corrected chi connectivity index (χ0v) is 29.8. The highest BCUT2D eigenvalue weighted by atomic mass is 35.5. The fourth-order valence-electron chi connectivity index (χ4n) is 5.83. The molecule has 0 aliphatic carbocycles. The molecule has 0 saturated carbocycles. The van der Waals surface area contributed by atoms with Gasteiger partial charge in [-0.15, -0.1) is 0 Å². The number of amides is 1. The summed E-state index contributed by atoms with van der Waals surface area (Å²) in [5.41, 5.74) is 10.7. The lowest BCUT2D eigenvalue weighted by molar-refractivity contribution is -0.129. The van der Waals surface area contributed by atoms with Crippen LogP contribution in [0, 0.1) is 0 Å². The Morgan fingerprint density at radius 2 is 1.71 bits per heavy atom. The molecule has 0 aromatic heterocycles. The molecule has 1 amide bonds. The maximum absolute atomic E-state index is 14.9. The molecule has 14 heteroatoms. The molecule has 0 radical (unpaired) electrons. The van der Waals surface area contributed by atoms with Gasteiger partial charge < -0.3 is 34.1 Å². The molecular formula is C37H37Cl2N5O7. The van der Waals surface area contributed by atoms with Crippen molar-refractivity contribution >= 4 is 35.0 Å². The molecule has 0 bridgehead atoms. The molecular weight excluding hydrogens is 697 g/mol. The number of carbonyl (C=O) groups is 1. The number of carbonyl (C=O) groups excluding carboxylic acids is 1. The Labute approximate surface area is 305 Å². The van der Waals surface area contributed by atoms with E-state index >= 15 is 0 Å². The van der Waals surface area contributed by atoms with Crippen molar-refractivity contribution in [2.75, 3.05) is 34.5 Å². The van der Waals surface area contributed by atoms with Crippen LogP contribution in [-0.2, 0) is 29.0 Å². The Morgan fingerprint density at radius 3 is 2.33 bits per heavy atom. The van der Waals surface area contributed by atoms with Gasteiger partial charge in [0.2, 0.25) is 11.6 Å². The van der Waals surface area contributed by atoms with Gasteiger partial charge in [-0.05, 0) is 70.8 Å². The number of halogens is 2. The van der Waals surface area contributed by atoms with E-state index in [4.69, 9.17) is 62.5 Å². The SMILES string of the molecule is COc1cc(CNC(=O)[C@]2(Cc3ccccc3CN=[N+]=[N-])N=C(c3ccc(OCCCO)cc3)O[C@@H]2c2ccc(Cl)cc2Cl)cc(OC)c1OC. The minimum Gasteiger partial charge on any atom is -0.494 e. The number of aliphatic hydroxyl groups excluding tert-OH is 1. The van der Waals surface area contributed by atoms with Gasteiger partial charge in [0.05, 0.1) is 34.5 Å². The molecule has 5 rings (SSSR count). The Hall–Kier alpha value is -5.13. The first-order chi connectivity index (χ1) is 24.8. The molecule has 0 fully saturated rings. The van der Waals surface area contributed by atoms with Crippen molar-refractivity contribution in [2.24, 2.45) is 10.1 Å². The van der Waals surface area contributed by atoms with Crippen LogP contribution in [0.3, 0.4) is 0 Å². The number of aliphatic imine (C=N–C) groups is 1. The number of nitrogens with one attached hydrogen (secondary N) is 1. The van der Waals surface area contributed by atoms with Crippen LogP contribution in [0.4, 0.5) is 0 Å². The van der Waals surface area contributed by atoms with E-state index in [2.05, 4.69) is 15.3 Å². The standard InChI is InChI=1S/C37H37Cl2N5O7/c1-47-31-17-23(18-32(48-2)33(31)49-3)21-41-36(46)37(20-25-7-4-5-8-26(25)22-42-44-40)34(29-14-11-27(38)19-30(29)39)51-35(43-37)24-9-12-28(13-10-24)50-16-6-15-45/h4-5,7-14,17-19,34,45H,6,15-16,20-22H2,1-3H3,(H,41,46)/t34-,37-/m1/s1. The molecule has 266 valence electrons. The van der Waals surface area contributed by atoms with Crippen LogP contribution < -0.4 is 24.3 Å². The summed E-state index contributed by atoms with van der Waals surface area (Å²) in [4.78, 5) is 22.9. The van der Waals surface area contributed by atoms with Crippen molar-refractivity contribution in [1.29, 1.82) is 0 Å². The molecule has 4 aromatic carbocycles. The second-order valence-electron chi connectivity index (χ2n) is 11.5. The predicted octanol–water partition coefficient (Wildman–Crippen LogP) is 7.41. The van der Waals surface area contributed by atoms with E-state index in [1.54, 1.807) is 54.6 Å². The number of methoxy groups -OCH3 is 3. The first kappa shape index (κ1) is 37.1. The normalized spacial score (nSPS) is 16.4. The first-order valence-corrected chi connectivity index (χ1v) is 16.7. The summed E-state index contributed by atoms with van der Waals surface area (Å²) in [6.45, 7) is 0.517. The number of hydrogen-bond donors (Lipinski definition) is 2. The minimum atomic E-state index is -1.61. The summed E-state index contributed by atoms with van der Waals surface area (Å²) in [5.74, 6) is 1.64. The van der Waals surface area contributed by atoms with E-state index < -0.39 is 17.6 Å². The topological polar surface area (TPSA) is 157 Å². The largest absolute Gasteiger partial charge is 0.494 e. The second kappa shape index (κ2) is 17.2. The van der Waals surface area contributed by atoms with Gasteiger partial charge in [-0.25, -0.2) is 4.99 Å². The summed E-state index contributed by atoms with van der Waals surface area (Å²) in [6.07, 6.45) is -0.457. The van der Waals surface area contributed by atoms with Crippen LogP contribution in [0.15, 0.2) is 89.0 Å². The molecule has 4 aromatic rings. The van der Waals surface area contributed by atoms with Crippen molar-refractivity contribution < 1.29 is 33.6 Å². The molecule has 1 aliphatic rings. The quantitative estimate of drug-likeness (QED) is 0.0526. The molecule has 12 nitrogen and oxygen atoms in total. The third kappa shape index (κ3) is 8.44. The lowest BCUT2D eigenvalue weighted by Crippen LogP contribution is -2.50. The first-order valence-electron chi connectivity index (χ1n) is 16.0. The lowest BCUT2D eigenvalue weighted by Gasteiger charge is -2.32. The molecule has 0 spiro atoms. The van der Waals surface area contributed by atoms with Gasteiger partial charge in [-0.2, -0.15) is 0 Å². The fourth-order valence-corrected chi connectivity index (χ4v) is 6.34. The van der Waals surface area contributed by atoms with Gasteiger partial charge in [0.1, 0.15) is 5.75 Å². The van der Waals surface area contributed by atoms with Crippen LogP contribution in [0.5, 0.6) is 23.0 Å². The molecule has 0 saturated heterocycles. The third-order valence-corrected chi connectivity index (χ3v) is 8.90. The van der Waals surface area contributed by atoms with Gasteiger partial charge in [-0.3, -0.25) is 4.79 Å². The van der Waals surface area contributed by atoms with Crippen LogP contribution >= 0.6 is 23.2 Å². The van der Waals surface area contributed by atoms with Crippen LogP contribution in [-0.4, -0.2) is 57.0 Å². The summed E-state index contributed by atoms with van der Waals surface area (Å²) in [5, 5.41) is 16.7. The minimum absolute atomic E-state index is 0.0209. The third-order valence-electron chi connectivity index (χ3n) is 8.34. The maximum atomic E-state index is 14.9. The molecule has 2 atom stereocenters. The number of aliphatic hydroxyl groups is 1. The Morgan fingerprint density at radius 1 is 1.00 bits per heavy atom. The summed E-state index contributed by atoms with van der Waals surface area (Å²) in [7, 11) is 4.55. The number of ether oxygens (including phenoxy) is 5. The van der Waals surface area contributed by atoms with E-state index in [9.17, 15) is 4.79 Å². The van der Waals surface area contributed by atoms with E-state index in [-0.39, 0.29) is 32.0 Å². The van der Waals surface area contributed by atoms with Crippen LogP contribution in [0.2, 0.25) is 10.0 Å². The van der Waals surface area contributed by atoms with E-state index in [1.807, 2.05) is 24.3 Å². The van der Waals surface area contributed by atoms with Gasteiger partial charge in [0.15, 0.2) is 23.1 Å². The maximum Gasteiger partial charge on any atom is 0.252 e. The molecule has 1 aliphatic heterocycles. The van der Waals surface area contributed by atoms with Crippen molar-refractivity contribution in [3.05, 3.63) is 127 Å². The fraction of sp³-hybridized carbons (Fsp3) is 0.297. The van der Waals surface area contributed by atoms with E-state index in [0.29, 0.717) is 62.8 Å². The zero-order chi connectivity index (χ0) is 36.4. The van der Waals surface area contributed by atoms with Crippen molar-refractivity contribution in [2.45, 2.75) is 37.6 Å². The van der Waals surface area contributed by atoms with Crippen molar-refractivity contribution in [1.82, 2.24) is 5.32 Å². The summed E-state index contributed by atoms with van der Waals surface area (Å²) in [6, 6.07) is 23.0. The highest BCUT2D eigenvalue weighted by molar-refractivity contribution is 6.35. The Bertz CT molecular complexity index is 1910. The number of nitrogens with zero attached hydrogens (tertiary/aromatic N) is 4. The van der Waals surface area contributed by atoms with Crippen LogP contribution in [0.1, 0.15) is 40.3 Å². The summed E-state index contributed by atoms with van der Waals surface area (Å²) < 4.78 is 28.9. The lowest BCUT2D eigenvalue weighted by atomic mass is 9.80. The van der Waals surface area contributed by atoms with Gasteiger partial charge in [-0.1, -0.05) is 58.6 Å². The number of benzene rings is 4. The second-order valence-corrected chi connectivity index (χ2v) is 12.3. The van der Waals surface area contributed by atoms with Gasteiger partial charge in [0.25, 0.3) is 5.91 Å².